The SMILES string of the molecule is FC1(c2ccccc2)COC2CC1N(Cc1ccccc1)O2. The maximum atomic E-state index is 15.7. The average molecular weight is 299 g/mol. The van der Waals surface area contributed by atoms with Gasteiger partial charge < -0.3 is 4.74 Å². The molecule has 114 valence electrons. The van der Waals surface area contributed by atoms with Crippen molar-refractivity contribution < 1.29 is 14.0 Å². The number of hydroxylamine groups is 2. The molecule has 3 unspecified atom stereocenters. The molecular weight excluding hydrogens is 281 g/mol. The van der Waals surface area contributed by atoms with Gasteiger partial charge in [0.1, 0.15) is 0 Å². The molecule has 2 saturated heterocycles. The fourth-order valence-electron chi connectivity index (χ4n) is 3.29. The number of fused-ring (bicyclic) bond motifs is 2. The van der Waals surface area contributed by atoms with Crippen LogP contribution in [0.2, 0.25) is 0 Å². The first kappa shape index (κ1) is 13.9. The van der Waals surface area contributed by atoms with Crippen molar-refractivity contribution in [1.82, 2.24) is 5.06 Å². The maximum Gasteiger partial charge on any atom is 0.179 e. The highest BCUT2D eigenvalue weighted by molar-refractivity contribution is 5.26. The fraction of sp³-hybridized carbons (Fsp3) is 0.333. The van der Waals surface area contributed by atoms with Gasteiger partial charge in [-0.05, 0) is 11.1 Å². The molecule has 2 aliphatic heterocycles. The molecule has 2 bridgehead atoms. The van der Waals surface area contributed by atoms with E-state index >= 15 is 4.39 Å². The normalized spacial score (nSPS) is 31.3. The summed E-state index contributed by atoms with van der Waals surface area (Å²) in [6.45, 7) is 0.599. The van der Waals surface area contributed by atoms with Gasteiger partial charge >= 0.3 is 0 Å². The van der Waals surface area contributed by atoms with E-state index in [-0.39, 0.29) is 18.9 Å². The first-order chi connectivity index (χ1) is 10.8. The minimum Gasteiger partial charge on any atom is -0.347 e. The number of alkyl halides is 1. The predicted molar refractivity (Wildman–Crippen MR) is 80.4 cm³/mol. The second-order valence-corrected chi connectivity index (χ2v) is 5.89. The second kappa shape index (κ2) is 5.47. The lowest BCUT2D eigenvalue weighted by atomic mass is 9.85. The first-order valence-electron chi connectivity index (χ1n) is 7.59. The van der Waals surface area contributed by atoms with E-state index in [9.17, 15) is 0 Å². The fourth-order valence-corrected chi connectivity index (χ4v) is 3.29. The van der Waals surface area contributed by atoms with Crippen LogP contribution < -0.4 is 0 Å². The van der Waals surface area contributed by atoms with Crippen molar-refractivity contribution in [3.8, 4) is 0 Å². The van der Waals surface area contributed by atoms with E-state index in [2.05, 4.69) is 0 Å². The zero-order chi connectivity index (χ0) is 15.0. The molecule has 0 radical (unpaired) electrons. The van der Waals surface area contributed by atoms with Crippen molar-refractivity contribution in [3.63, 3.8) is 0 Å². The van der Waals surface area contributed by atoms with Gasteiger partial charge in [-0.25, -0.2) is 4.39 Å². The molecule has 0 amide bonds. The average Bonchev–Trinajstić information content (AvgIpc) is 2.92. The number of hydrogen-bond acceptors (Lipinski definition) is 3. The topological polar surface area (TPSA) is 21.7 Å². The smallest absolute Gasteiger partial charge is 0.179 e. The molecule has 3 nitrogen and oxygen atoms in total. The Balaban J connectivity index is 1.63. The van der Waals surface area contributed by atoms with Crippen LogP contribution in [0, 0.1) is 0 Å². The Hall–Kier alpha value is -1.75. The molecular formula is C18H18FNO2. The summed E-state index contributed by atoms with van der Waals surface area (Å²) in [5.74, 6) is 0. The number of hydrogen-bond donors (Lipinski definition) is 0. The molecule has 4 rings (SSSR count). The largest absolute Gasteiger partial charge is 0.347 e. The van der Waals surface area contributed by atoms with Crippen LogP contribution in [-0.4, -0.2) is 24.0 Å². The molecule has 0 aliphatic carbocycles. The van der Waals surface area contributed by atoms with E-state index < -0.39 is 5.67 Å². The highest BCUT2D eigenvalue weighted by atomic mass is 19.1. The second-order valence-electron chi connectivity index (χ2n) is 5.89. The highest BCUT2D eigenvalue weighted by Crippen LogP contribution is 2.44. The third-order valence-electron chi connectivity index (χ3n) is 4.46. The molecule has 3 atom stereocenters. The van der Waals surface area contributed by atoms with Gasteiger partial charge in [0.25, 0.3) is 0 Å². The monoisotopic (exact) mass is 299 g/mol. The third kappa shape index (κ3) is 2.33. The molecule has 0 spiro atoms. The van der Waals surface area contributed by atoms with Crippen LogP contribution >= 0.6 is 0 Å². The highest BCUT2D eigenvalue weighted by Gasteiger charge is 2.54. The quantitative estimate of drug-likeness (QED) is 0.867. The van der Waals surface area contributed by atoms with Gasteiger partial charge in [0.2, 0.25) is 0 Å². The van der Waals surface area contributed by atoms with Crippen LogP contribution in [-0.2, 0) is 21.8 Å². The van der Waals surface area contributed by atoms with Gasteiger partial charge in [-0.3, -0.25) is 4.84 Å². The predicted octanol–water partition coefficient (Wildman–Crippen LogP) is 3.41. The van der Waals surface area contributed by atoms with Crippen molar-refractivity contribution in [2.75, 3.05) is 6.61 Å². The molecule has 22 heavy (non-hydrogen) atoms. The summed E-state index contributed by atoms with van der Waals surface area (Å²) >= 11 is 0. The molecule has 2 heterocycles. The minimum atomic E-state index is -1.54. The standard InChI is InChI=1S/C18H18FNO2/c19-18(15-9-5-2-6-10-15)13-21-17-11-16(18)20(22-17)12-14-7-3-1-4-8-14/h1-10,16-17H,11-13H2. The number of rotatable bonds is 3. The number of benzene rings is 2. The molecule has 2 aromatic rings. The molecule has 0 N–H and O–H groups in total. The molecule has 2 aromatic carbocycles. The Morgan fingerprint density at radius 3 is 2.45 bits per heavy atom. The lowest BCUT2D eigenvalue weighted by Crippen LogP contribution is -2.48. The summed E-state index contributed by atoms with van der Waals surface area (Å²) in [6, 6.07) is 18.9. The van der Waals surface area contributed by atoms with Crippen molar-refractivity contribution >= 4 is 0 Å². The van der Waals surface area contributed by atoms with Crippen LogP contribution in [0.1, 0.15) is 17.5 Å². The Kier molecular flexibility index (Phi) is 3.45. The van der Waals surface area contributed by atoms with Crippen LogP contribution in [0.3, 0.4) is 0 Å². The minimum absolute atomic E-state index is 0.0393. The Morgan fingerprint density at radius 2 is 1.73 bits per heavy atom. The van der Waals surface area contributed by atoms with Gasteiger partial charge in [-0.1, -0.05) is 60.7 Å². The van der Waals surface area contributed by atoms with Gasteiger partial charge in [-0.15, -0.1) is 0 Å². The van der Waals surface area contributed by atoms with Crippen LogP contribution in [0.5, 0.6) is 0 Å². The van der Waals surface area contributed by atoms with Crippen molar-refractivity contribution in [2.24, 2.45) is 0 Å². The van der Waals surface area contributed by atoms with Gasteiger partial charge in [0, 0.05) is 13.0 Å². The van der Waals surface area contributed by atoms with Crippen LogP contribution in [0.25, 0.3) is 0 Å². The zero-order valence-electron chi connectivity index (χ0n) is 12.2. The molecule has 2 fully saturated rings. The summed E-state index contributed by atoms with van der Waals surface area (Å²) in [5.41, 5.74) is 0.218. The van der Waals surface area contributed by atoms with E-state index in [4.69, 9.17) is 9.57 Å². The van der Waals surface area contributed by atoms with Gasteiger partial charge in [0.15, 0.2) is 12.0 Å². The summed E-state index contributed by atoms with van der Waals surface area (Å²) in [6.07, 6.45) is 0.222. The maximum absolute atomic E-state index is 15.7. The van der Waals surface area contributed by atoms with E-state index in [0.29, 0.717) is 18.5 Å². The van der Waals surface area contributed by atoms with Crippen molar-refractivity contribution in [1.29, 1.82) is 0 Å². The lowest BCUT2D eigenvalue weighted by Gasteiger charge is -2.36. The van der Waals surface area contributed by atoms with Crippen molar-refractivity contribution in [2.45, 2.75) is 31.0 Å². The van der Waals surface area contributed by atoms with Crippen molar-refractivity contribution in [3.05, 3.63) is 71.8 Å². The summed E-state index contributed by atoms with van der Waals surface area (Å²) in [4.78, 5) is 5.78. The number of ether oxygens (including phenoxy) is 1. The lowest BCUT2D eigenvalue weighted by molar-refractivity contribution is -0.228. The molecule has 0 aromatic heterocycles. The summed E-state index contributed by atoms with van der Waals surface area (Å²) in [5, 5.41) is 1.75. The molecule has 4 heteroatoms. The zero-order valence-corrected chi connectivity index (χ0v) is 12.2. The van der Waals surface area contributed by atoms with E-state index in [1.807, 2.05) is 60.7 Å². The van der Waals surface area contributed by atoms with E-state index in [1.165, 1.54) is 0 Å². The van der Waals surface area contributed by atoms with Crippen LogP contribution in [0.4, 0.5) is 4.39 Å². The summed E-state index contributed by atoms with van der Waals surface area (Å²) < 4.78 is 21.3. The molecule has 0 saturated carbocycles. The molecule has 2 aliphatic rings. The Labute approximate surface area is 129 Å². The summed E-state index contributed by atoms with van der Waals surface area (Å²) in [7, 11) is 0. The Morgan fingerprint density at radius 1 is 1.05 bits per heavy atom. The van der Waals surface area contributed by atoms with Gasteiger partial charge in [0.05, 0.1) is 12.6 Å². The van der Waals surface area contributed by atoms with E-state index in [0.717, 1.165) is 5.56 Å². The number of nitrogens with zero attached hydrogens (tertiary/aromatic N) is 1. The van der Waals surface area contributed by atoms with Gasteiger partial charge in [-0.2, -0.15) is 5.06 Å². The Bertz CT molecular complexity index is 636. The van der Waals surface area contributed by atoms with E-state index in [1.54, 1.807) is 5.06 Å². The third-order valence-corrected chi connectivity index (χ3v) is 4.46. The van der Waals surface area contributed by atoms with Crippen LogP contribution in [0.15, 0.2) is 60.7 Å². The first-order valence-corrected chi connectivity index (χ1v) is 7.59. The number of halogens is 1.